The number of rotatable bonds is 2. The summed E-state index contributed by atoms with van der Waals surface area (Å²) in [5.74, 6) is 0.0649. The highest BCUT2D eigenvalue weighted by atomic mass is 32.1. The van der Waals surface area contributed by atoms with Crippen LogP contribution in [0.25, 0.3) is 10.2 Å². The average Bonchev–Trinajstić information content (AvgIpc) is 3.02. The van der Waals surface area contributed by atoms with Crippen LogP contribution in [0.1, 0.15) is 39.3 Å². The minimum atomic E-state index is 0.0649. The number of hydrogen-bond acceptors (Lipinski definition) is 3. The number of nitrogens with zero attached hydrogens (tertiary/aromatic N) is 1. The van der Waals surface area contributed by atoms with E-state index in [1.807, 2.05) is 13.8 Å². The molecule has 0 saturated heterocycles. The van der Waals surface area contributed by atoms with Crippen LogP contribution < -0.4 is 5.32 Å². The van der Waals surface area contributed by atoms with Gasteiger partial charge in [0.15, 0.2) is 0 Å². The highest BCUT2D eigenvalue weighted by Gasteiger charge is 2.26. The number of amides is 1. The van der Waals surface area contributed by atoms with Crippen molar-refractivity contribution in [3.63, 3.8) is 0 Å². The molecule has 1 N–H and O–H groups in total. The number of aromatic nitrogens is 1. The number of fused-ring (bicyclic) bond motifs is 1. The summed E-state index contributed by atoms with van der Waals surface area (Å²) in [6.07, 6.45) is 2.23. The Balaban J connectivity index is 2.09. The normalized spacial score (nSPS) is 15.1. The van der Waals surface area contributed by atoms with Gasteiger partial charge in [-0.15, -0.1) is 11.3 Å². The van der Waals surface area contributed by atoms with Crippen LogP contribution in [0.2, 0.25) is 0 Å². The zero-order valence-electron chi connectivity index (χ0n) is 10.8. The summed E-state index contributed by atoms with van der Waals surface area (Å²) in [6, 6.07) is 2.47. The molecule has 4 heteroatoms. The van der Waals surface area contributed by atoms with E-state index in [0.29, 0.717) is 6.04 Å². The first-order chi connectivity index (χ1) is 8.56. The van der Waals surface area contributed by atoms with Gasteiger partial charge in [-0.1, -0.05) is 0 Å². The number of pyridine rings is 1. The fraction of sp³-hybridized carbons (Fsp3) is 0.429. The van der Waals surface area contributed by atoms with Crippen molar-refractivity contribution in [3.8, 4) is 0 Å². The molecular formula is C14H16N2OS. The van der Waals surface area contributed by atoms with E-state index in [1.54, 1.807) is 0 Å². The Labute approximate surface area is 110 Å². The van der Waals surface area contributed by atoms with Gasteiger partial charge in [0, 0.05) is 17.1 Å². The van der Waals surface area contributed by atoms with Crippen molar-refractivity contribution in [1.29, 1.82) is 0 Å². The van der Waals surface area contributed by atoms with Crippen LogP contribution in [0.15, 0.2) is 6.07 Å². The topological polar surface area (TPSA) is 42.0 Å². The summed E-state index contributed by atoms with van der Waals surface area (Å²) >= 11 is 1.51. The summed E-state index contributed by atoms with van der Waals surface area (Å²) in [6.45, 7) is 6.09. The standard InChI is InChI=1S/C14H16N2OS/c1-7-6-8(2)15-14-11(7)9(3)12(18-14)13(17)16-10-4-5-10/h6,10H,4-5H2,1-3H3,(H,16,17). The number of hydrogen-bond donors (Lipinski definition) is 1. The van der Waals surface area contributed by atoms with Crippen LogP contribution in [0.5, 0.6) is 0 Å². The van der Waals surface area contributed by atoms with E-state index >= 15 is 0 Å². The first-order valence-corrected chi connectivity index (χ1v) is 7.06. The second-order valence-corrected chi connectivity index (χ2v) is 6.06. The number of thiophene rings is 1. The van der Waals surface area contributed by atoms with Crippen LogP contribution in [-0.2, 0) is 0 Å². The molecule has 18 heavy (non-hydrogen) atoms. The van der Waals surface area contributed by atoms with E-state index in [9.17, 15) is 4.79 Å². The van der Waals surface area contributed by atoms with E-state index in [2.05, 4.69) is 23.3 Å². The number of aryl methyl sites for hydroxylation is 3. The molecule has 0 bridgehead atoms. The van der Waals surface area contributed by atoms with Gasteiger partial charge in [0.1, 0.15) is 4.83 Å². The predicted molar refractivity (Wildman–Crippen MR) is 74.3 cm³/mol. The lowest BCUT2D eigenvalue weighted by Crippen LogP contribution is -2.24. The molecule has 1 amide bonds. The van der Waals surface area contributed by atoms with Gasteiger partial charge >= 0.3 is 0 Å². The molecule has 0 aliphatic heterocycles. The van der Waals surface area contributed by atoms with Crippen molar-refractivity contribution >= 4 is 27.5 Å². The van der Waals surface area contributed by atoms with E-state index in [4.69, 9.17) is 0 Å². The molecule has 1 fully saturated rings. The van der Waals surface area contributed by atoms with E-state index in [-0.39, 0.29) is 5.91 Å². The van der Waals surface area contributed by atoms with Crippen molar-refractivity contribution in [2.45, 2.75) is 39.7 Å². The van der Waals surface area contributed by atoms with Crippen LogP contribution in [0, 0.1) is 20.8 Å². The van der Waals surface area contributed by atoms with E-state index < -0.39 is 0 Å². The Hall–Kier alpha value is -1.42. The largest absolute Gasteiger partial charge is 0.349 e. The molecule has 2 aromatic rings. The van der Waals surface area contributed by atoms with E-state index in [1.165, 1.54) is 16.9 Å². The lowest BCUT2D eigenvalue weighted by atomic mass is 10.1. The maximum Gasteiger partial charge on any atom is 0.261 e. The third kappa shape index (κ3) is 1.90. The molecule has 1 aliphatic rings. The second kappa shape index (κ2) is 4.05. The smallest absolute Gasteiger partial charge is 0.261 e. The molecule has 0 aromatic carbocycles. The van der Waals surface area contributed by atoms with Crippen molar-refractivity contribution in [1.82, 2.24) is 10.3 Å². The summed E-state index contributed by atoms with van der Waals surface area (Å²) < 4.78 is 0. The summed E-state index contributed by atoms with van der Waals surface area (Å²) in [5.41, 5.74) is 3.28. The molecule has 2 heterocycles. The van der Waals surface area contributed by atoms with Crippen molar-refractivity contribution in [2.75, 3.05) is 0 Å². The van der Waals surface area contributed by atoms with Crippen molar-refractivity contribution < 1.29 is 4.79 Å². The average molecular weight is 260 g/mol. The Kier molecular flexibility index (Phi) is 2.63. The summed E-state index contributed by atoms with van der Waals surface area (Å²) in [4.78, 5) is 18.5. The van der Waals surface area contributed by atoms with Gasteiger partial charge in [0.05, 0.1) is 4.88 Å². The van der Waals surface area contributed by atoms with Gasteiger partial charge in [-0.3, -0.25) is 4.79 Å². The SMILES string of the molecule is Cc1cc(C)c2c(C)c(C(=O)NC3CC3)sc2n1. The minimum Gasteiger partial charge on any atom is -0.349 e. The number of carbonyl (C=O) groups excluding carboxylic acids is 1. The highest BCUT2D eigenvalue weighted by molar-refractivity contribution is 7.20. The van der Waals surface area contributed by atoms with Crippen LogP contribution in [0.4, 0.5) is 0 Å². The van der Waals surface area contributed by atoms with Gasteiger partial charge in [0.2, 0.25) is 0 Å². The lowest BCUT2D eigenvalue weighted by molar-refractivity contribution is 0.0954. The fourth-order valence-corrected chi connectivity index (χ4v) is 3.52. The zero-order valence-corrected chi connectivity index (χ0v) is 11.6. The number of nitrogens with one attached hydrogen (secondary N) is 1. The third-order valence-corrected chi connectivity index (χ3v) is 4.53. The Morgan fingerprint density at radius 1 is 1.39 bits per heavy atom. The molecule has 0 spiro atoms. The summed E-state index contributed by atoms with van der Waals surface area (Å²) in [7, 11) is 0. The molecule has 94 valence electrons. The lowest BCUT2D eigenvalue weighted by Gasteiger charge is -2.02. The van der Waals surface area contributed by atoms with Crippen molar-refractivity contribution in [2.24, 2.45) is 0 Å². The molecular weight excluding hydrogens is 244 g/mol. The second-order valence-electron chi connectivity index (χ2n) is 5.06. The van der Waals surface area contributed by atoms with E-state index in [0.717, 1.165) is 39.2 Å². The van der Waals surface area contributed by atoms with Crippen LogP contribution >= 0.6 is 11.3 Å². The van der Waals surface area contributed by atoms with Gasteiger partial charge in [-0.2, -0.15) is 0 Å². The quantitative estimate of drug-likeness (QED) is 0.901. The maximum absolute atomic E-state index is 12.2. The predicted octanol–water partition coefficient (Wildman–Crippen LogP) is 3.11. The monoisotopic (exact) mass is 260 g/mol. The molecule has 3 rings (SSSR count). The third-order valence-electron chi connectivity index (χ3n) is 3.34. The molecule has 0 unspecified atom stereocenters. The summed E-state index contributed by atoms with van der Waals surface area (Å²) in [5, 5.41) is 4.19. The Bertz CT molecular complexity index is 641. The van der Waals surface area contributed by atoms with Gasteiger partial charge < -0.3 is 5.32 Å². The Morgan fingerprint density at radius 2 is 2.11 bits per heavy atom. The first-order valence-electron chi connectivity index (χ1n) is 6.24. The first kappa shape index (κ1) is 11.7. The number of carbonyl (C=O) groups is 1. The molecule has 1 saturated carbocycles. The van der Waals surface area contributed by atoms with Crippen molar-refractivity contribution in [3.05, 3.63) is 27.8 Å². The minimum absolute atomic E-state index is 0.0649. The molecule has 3 nitrogen and oxygen atoms in total. The van der Waals surface area contributed by atoms with Gasteiger partial charge in [-0.05, 0) is 50.8 Å². The molecule has 2 aromatic heterocycles. The highest BCUT2D eigenvalue weighted by Crippen LogP contribution is 2.32. The van der Waals surface area contributed by atoms with Gasteiger partial charge in [-0.25, -0.2) is 4.98 Å². The van der Waals surface area contributed by atoms with Crippen LogP contribution in [-0.4, -0.2) is 16.9 Å². The molecule has 0 radical (unpaired) electrons. The molecule has 1 aliphatic carbocycles. The Morgan fingerprint density at radius 3 is 2.78 bits per heavy atom. The fourth-order valence-electron chi connectivity index (χ4n) is 2.31. The zero-order chi connectivity index (χ0) is 12.9. The molecule has 0 atom stereocenters. The van der Waals surface area contributed by atoms with Gasteiger partial charge in [0.25, 0.3) is 5.91 Å². The maximum atomic E-state index is 12.2. The van der Waals surface area contributed by atoms with Crippen LogP contribution in [0.3, 0.4) is 0 Å².